The van der Waals surface area contributed by atoms with E-state index < -0.39 is 11.3 Å². The summed E-state index contributed by atoms with van der Waals surface area (Å²) in [4.78, 5) is 35.2. The Hall–Kier alpha value is -3.15. The molecular weight excluding hydrogens is 332 g/mol. The first-order chi connectivity index (χ1) is 12.2. The van der Waals surface area contributed by atoms with Crippen molar-refractivity contribution in [2.75, 3.05) is 11.9 Å². The molecule has 0 aliphatic carbocycles. The van der Waals surface area contributed by atoms with Crippen LogP contribution in [0, 0.1) is 5.41 Å². The number of nitrogens with two attached hydrogens (primary N) is 1. The van der Waals surface area contributed by atoms with Crippen molar-refractivity contribution in [3.05, 3.63) is 59.7 Å². The highest BCUT2D eigenvalue weighted by Crippen LogP contribution is 2.18. The predicted molar refractivity (Wildman–Crippen MR) is 99.3 cm³/mol. The lowest BCUT2D eigenvalue weighted by atomic mass is 9.95. The second-order valence-electron chi connectivity index (χ2n) is 6.88. The number of carbonyl (C=O) groups excluding carboxylic acids is 3. The van der Waals surface area contributed by atoms with Gasteiger partial charge in [0.2, 0.25) is 11.8 Å². The van der Waals surface area contributed by atoms with E-state index in [2.05, 4.69) is 5.32 Å². The molecule has 2 amide bonds. The van der Waals surface area contributed by atoms with Crippen LogP contribution in [0.5, 0.6) is 5.75 Å². The minimum Gasteiger partial charge on any atom is -0.485 e. The zero-order valence-electron chi connectivity index (χ0n) is 15.0. The van der Waals surface area contributed by atoms with Crippen molar-refractivity contribution in [1.29, 1.82) is 0 Å². The van der Waals surface area contributed by atoms with Crippen molar-refractivity contribution in [3.63, 3.8) is 0 Å². The van der Waals surface area contributed by atoms with Crippen LogP contribution in [0.3, 0.4) is 0 Å². The van der Waals surface area contributed by atoms with E-state index in [1.807, 2.05) is 20.8 Å². The third kappa shape index (κ3) is 5.17. The van der Waals surface area contributed by atoms with E-state index in [1.54, 1.807) is 36.4 Å². The molecule has 0 unspecified atom stereocenters. The highest BCUT2D eigenvalue weighted by molar-refractivity contribution is 5.99. The quantitative estimate of drug-likeness (QED) is 0.779. The number of primary amides is 1. The van der Waals surface area contributed by atoms with Gasteiger partial charge in [-0.2, -0.15) is 0 Å². The Bertz CT molecular complexity index is 803. The van der Waals surface area contributed by atoms with Crippen LogP contribution >= 0.6 is 0 Å². The van der Waals surface area contributed by atoms with Crippen molar-refractivity contribution in [3.8, 4) is 5.75 Å². The minimum absolute atomic E-state index is 0.0979. The fraction of sp³-hybridized carbons (Fsp3) is 0.250. The molecule has 0 bridgehead atoms. The summed E-state index contributed by atoms with van der Waals surface area (Å²) >= 11 is 0. The van der Waals surface area contributed by atoms with E-state index in [4.69, 9.17) is 10.5 Å². The maximum absolute atomic E-state index is 12.2. The number of ketones is 1. The third-order valence-electron chi connectivity index (χ3n) is 3.65. The molecule has 2 aromatic carbocycles. The largest absolute Gasteiger partial charge is 0.485 e. The van der Waals surface area contributed by atoms with Gasteiger partial charge in [-0.3, -0.25) is 14.4 Å². The zero-order chi connectivity index (χ0) is 19.3. The molecule has 0 atom stereocenters. The fourth-order valence-electron chi connectivity index (χ4n) is 2.01. The molecule has 136 valence electrons. The van der Waals surface area contributed by atoms with Crippen LogP contribution in [0.2, 0.25) is 0 Å². The molecular formula is C20H22N2O4. The average Bonchev–Trinajstić information content (AvgIpc) is 2.59. The summed E-state index contributed by atoms with van der Waals surface area (Å²) in [5, 5.41) is 2.80. The molecule has 0 fully saturated rings. The number of amides is 2. The number of hydrogen-bond acceptors (Lipinski definition) is 4. The first-order valence-corrected chi connectivity index (χ1v) is 8.14. The Morgan fingerprint density at radius 1 is 0.923 bits per heavy atom. The molecule has 3 N–H and O–H groups in total. The van der Waals surface area contributed by atoms with Crippen LogP contribution in [0.25, 0.3) is 0 Å². The van der Waals surface area contributed by atoms with E-state index in [9.17, 15) is 14.4 Å². The van der Waals surface area contributed by atoms with Gasteiger partial charge in [0, 0.05) is 22.2 Å². The number of benzene rings is 2. The molecule has 2 rings (SSSR count). The molecule has 2 aromatic rings. The molecule has 0 aliphatic heterocycles. The molecule has 6 heteroatoms. The van der Waals surface area contributed by atoms with Gasteiger partial charge in [-0.25, -0.2) is 0 Å². The fourth-order valence-corrected chi connectivity index (χ4v) is 2.01. The van der Waals surface area contributed by atoms with Gasteiger partial charge in [0.05, 0.1) is 0 Å². The molecule has 0 aliphatic rings. The summed E-state index contributed by atoms with van der Waals surface area (Å²) in [6.45, 7) is 5.35. The van der Waals surface area contributed by atoms with Gasteiger partial charge in [-0.15, -0.1) is 0 Å². The monoisotopic (exact) mass is 354 g/mol. The number of Topliss-reactive ketones (excluding diaryl/α,β-unsaturated/α-hetero) is 1. The van der Waals surface area contributed by atoms with Gasteiger partial charge in [0.25, 0.3) is 0 Å². The summed E-state index contributed by atoms with van der Waals surface area (Å²) in [5.41, 5.74) is 6.15. The average molecular weight is 354 g/mol. The Kier molecular flexibility index (Phi) is 5.77. The Morgan fingerprint density at radius 3 is 1.96 bits per heavy atom. The highest BCUT2D eigenvalue weighted by atomic mass is 16.5. The van der Waals surface area contributed by atoms with Crippen molar-refractivity contribution < 1.29 is 19.1 Å². The molecule has 0 heterocycles. The second kappa shape index (κ2) is 7.82. The maximum atomic E-state index is 12.2. The summed E-state index contributed by atoms with van der Waals surface area (Å²) in [6, 6.07) is 12.9. The lowest BCUT2D eigenvalue weighted by molar-refractivity contribution is -0.123. The van der Waals surface area contributed by atoms with Crippen LogP contribution in [-0.2, 0) is 4.79 Å². The van der Waals surface area contributed by atoms with Gasteiger partial charge in [0.15, 0.2) is 12.4 Å². The van der Waals surface area contributed by atoms with Gasteiger partial charge in [-0.1, -0.05) is 20.8 Å². The minimum atomic E-state index is -0.522. The van der Waals surface area contributed by atoms with E-state index in [1.165, 1.54) is 12.1 Å². The van der Waals surface area contributed by atoms with Crippen molar-refractivity contribution in [2.24, 2.45) is 11.1 Å². The van der Waals surface area contributed by atoms with E-state index in [-0.39, 0.29) is 18.3 Å². The number of carbonyl (C=O) groups is 3. The first-order valence-electron chi connectivity index (χ1n) is 8.14. The summed E-state index contributed by atoms with van der Waals surface area (Å²) in [6.07, 6.45) is 0. The normalized spacial score (nSPS) is 10.9. The van der Waals surface area contributed by atoms with Gasteiger partial charge in [0.1, 0.15) is 5.75 Å². The van der Waals surface area contributed by atoms with E-state index >= 15 is 0 Å². The molecule has 0 saturated carbocycles. The lowest BCUT2D eigenvalue weighted by Crippen LogP contribution is -2.27. The van der Waals surface area contributed by atoms with Crippen LogP contribution in [0.4, 0.5) is 5.69 Å². The molecule has 6 nitrogen and oxygen atoms in total. The summed E-state index contributed by atoms with van der Waals surface area (Å²) < 4.78 is 5.43. The van der Waals surface area contributed by atoms with Gasteiger partial charge in [-0.05, 0) is 48.5 Å². The maximum Gasteiger partial charge on any atom is 0.248 e. The number of rotatable bonds is 6. The topological polar surface area (TPSA) is 98.5 Å². The predicted octanol–water partition coefficient (Wildman–Crippen LogP) is 3.03. The Balaban J connectivity index is 1.93. The molecule has 0 spiro atoms. The van der Waals surface area contributed by atoms with Crippen LogP contribution < -0.4 is 15.8 Å². The van der Waals surface area contributed by atoms with Crippen molar-refractivity contribution in [2.45, 2.75) is 20.8 Å². The Labute approximate surface area is 152 Å². The Morgan fingerprint density at radius 2 is 1.46 bits per heavy atom. The van der Waals surface area contributed by atoms with E-state index in [0.29, 0.717) is 22.6 Å². The summed E-state index contributed by atoms with van der Waals surface area (Å²) in [5.74, 6) is -0.347. The molecule has 0 saturated heterocycles. The van der Waals surface area contributed by atoms with Crippen LogP contribution in [0.1, 0.15) is 41.5 Å². The SMILES string of the molecule is CC(C)(C)C(=O)Nc1ccc(C(=O)COc2ccc(C(N)=O)cc2)cc1. The summed E-state index contributed by atoms with van der Waals surface area (Å²) in [7, 11) is 0. The standard InChI is InChI=1S/C20H22N2O4/c1-20(2,3)19(25)22-15-8-4-13(5-9-15)17(23)12-26-16-10-6-14(7-11-16)18(21)24/h4-11H,12H2,1-3H3,(H2,21,24)(H,22,25). The smallest absolute Gasteiger partial charge is 0.248 e. The highest BCUT2D eigenvalue weighted by Gasteiger charge is 2.21. The molecule has 0 radical (unpaired) electrons. The van der Waals surface area contributed by atoms with Crippen LogP contribution in [0.15, 0.2) is 48.5 Å². The molecule has 26 heavy (non-hydrogen) atoms. The number of ether oxygens (including phenoxy) is 1. The van der Waals surface area contributed by atoms with Crippen molar-refractivity contribution in [1.82, 2.24) is 0 Å². The van der Waals surface area contributed by atoms with E-state index in [0.717, 1.165) is 0 Å². The second-order valence-corrected chi connectivity index (χ2v) is 6.88. The third-order valence-corrected chi connectivity index (χ3v) is 3.65. The van der Waals surface area contributed by atoms with Crippen molar-refractivity contribution >= 4 is 23.3 Å². The zero-order valence-corrected chi connectivity index (χ0v) is 15.0. The number of nitrogens with one attached hydrogen (secondary N) is 1. The lowest BCUT2D eigenvalue weighted by Gasteiger charge is -2.17. The van der Waals surface area contributed by atoms with Gasteiger partial charge >= 0.3 is 0 Å². The number of hydrogen-bond donors (Lipinski definition) is 2. The van der Waals surface area contributed by atoms with Crippen LogP contribution in [-0.4, -0.2) is 24.2 Å². The first kappa shape index (κ1) is 19.2. The molecule has 0 aromatic heterocycles. The van der Waals surface area contributed by atoms with Gasteiger partial charge < -0.3 is 15.8 Å². The number of anilines is 1.